The lowest BCUT2D eigenvalue weighted by atomic mass is 10.1. The first-order valence-electron chi connectivity index (χ1n) is 8.63. The van der Waals surface area contributed by atoms with E-state index in [1.54, 1.807) is 6.07 Å². The van der Waals surface area contributed by atoms with Gasteiger partial charge in [-0.1, -0.05) is 12.1 Å². The number of phenolic OH excluding ortho intramolecular Hbond substituents is 1. The maximum Gasteiger partial charge on any atom is 0.272 e. The van der Waals surface area contributed by atoms with Crippen LogP contribution in [0.2, 0.25) is 0 Å². The fourth-order valence-electron chi connectivity index (χ4n) is 2.62. The van der Waals surface area contributed by atoms with Crippen molar-refractivity contribution in [3.8, 4) is 5.75 Å². The Balaban J connectivity index is 1.75. The molecule has 0 unspecified atom stereocenters. The van der Waals surface area contributed by atoms with Crippen LogP contribution in [0.1, 0.15) is 26.4 Å². The number of nitrogens with one attached hydrogen (secondary N) is 3. The number of primary sulfonamides is 1. The predicted octanol–water partition coefficient (Wildman–Crippen LogP) is 3.08. The van der Waals surface area contributed by atoms with Gasteiger partial charge < -0.3 is 20.7 Å². The molecule has 0 spiro atoms. The molecule has 6 N–H and O–H groups in total. The molecule has 0 aliphatic carbocycles. The minimum atomic E-state index is -3.80. The quantitative estimate of drug-likeness (QED) is 0.288. The van der Waals surface area contributed by atoms with E-state index in [-0.39, 0.29) is 34.1 Å². The Morgan fingerprint density at radius 2 is 1.71 bits per heavy atom. The number of sulfonamides is 1. The maximum absolute atomic E-state index is 12.7. The number of rotatable bonds is 6. The van der Waals surface area contributed by atoms with Crippen molar-refractivity contribution < 1.29 is 23.1 Å². The van der Waals surface area contributed by atoms with Gasteiger partial charge in [0.05, 0.1) is 25.2 Å². The second-order valence-corrected chi connectivity index (χ2v) is 9.61. The second kappa shape index (κ2) is 9.22. The molecule has 12 heteroatoms. The summed E-state index contributed by atoms with van der Waals surface area (Å²) in [7, 11) is -3.80. The number of aromatic hydroxyl groups is 1. The van der Waals surface area contributed by atoms with Gasteiger partial charge in [0.25, 0.3) is 11.8 Å². The van der Waals surface area contributed by atoms with Gasteiger partial charge >= 0.3 is 0 Å². The molecule has 0 bridgehead atoms. The SMILES string of the molecule is NS(=O)(=O)c1ccc(CNC(=O)c2cc(O)ccc2NC(=O)c2cc(Br)c(Br)[nH]2)cc1. The van der Waals surface area contributed by atoms with Crippen molar-refractivity contribution in [1.29, 1.82) is 0 Å². The fraction of sp³-hybridized carbons (Fsp3) is 0.0526. The van der Waals surface area contributed by atoms with Crippen molar-refractivity contribution in [2.24, 2.45) is 5.14 Å². The van der Waals surface area contributed by atoms with Crippen LogP contribution in [-0.4, -0.2) is 30.3 Å². The third-order valence-electron chi connectivity index (χ3n) is 4.17. The van der Waals surface area contributed by atoms with Gasteiger partial charge in [0, 0.05) is 6.54 Å². The highest BCUT2D eigenvalue weighted by atomic mass is 79.9. The Morgan fingerprint density at radius 1 is 1.03 bits per heavy atom. The molecule has 0 saturated heterocycles. The third kappa shape index (κ3) is 5.73. The molecule has 1 aromatic heterocycles. The Labute approximate surface area is 194 Å². The summed E-state index contributed by atoms with van der Waals surface area (Å²) in [6.45, 7) is 0.0866. The van der Waals surface area contributed by atoms with Gasteiger partial charge in [0.1, 0.15) is 11.4 Å². The third-order valence-corrected chi connectivity index (χ3v) is 6.88. The Hall–Kier alpha value is -2.67. The fourth-order valence-corrected chi connectivity index (χ4v) is 3.79. The van der Waals surface area contributed by atoms with Gasteiger partial charge in [-0.15, -0.1) is 0 Å². The molecule has 0 fully saturated rings. The van der Waals surface area contributed by atoms with Crippen LogP contribution >= 0.6 is 31.9 Å². The number of anilines is 1. The van der Waals surface area contributed by atoms with Crippen molar-refractivity contribution in [1.82, 2.24) is 10.3 Å². The predicted molar refractivity (Wildman–Crippen MR) is 121 cm³/mol. The molecular formula is C19H16Br2N4O5S. The number of halogens is 2. The van der Waals surface area contributed by atoms with E-state index in [0.29, 0.717) is 14.6 Å². The first-order valence-corrected chi connectivity index (χ1v) is 11.8. The number of benzene rings is 2. The van der Waals surface area contributed by atoms with E-state index in [4.69, 9.17) is 5.14 Å². The number of phenols is 1. The summed E-state index contributed by atoms with van der Waals surface area (Å²) in [6.07, 6.45) is 0. The molecule has 162 valence electrons. The normalized spacial score (nSPS) is 11.2. The lowest BCUT2D eigenvalue weighted by Crippen LogP contribution is -2.25. The molecule has 31 heavy (non-hydrogen) atoms. The van der Waals surface area contributed by atoms with Crippen molar-refractivity contribution in [3.05, 3.63) is 74.4 Å². The molecule has 0 atom stereocenters. The second-order valence-electron chi connectivity index (χ2n) is 6.40. The number of carbonyl (C=O) groups excluding carboxylic acids is 2. The highest BCUT2D eigenvalue weighted by Gasteiger charge is 2.17. The number of nitrogens with two attached hydrogens (primary N) is 1. The molecule has 2 amide bonds. The van der Waals surface area contributed by atoms with Crippen molar-refractivity contribution >= 4 is 59.4 Å². The van der Waals surface area contributed by atoms with Gasteiger partial charge in [-0.3, -0.25) is 9.59 Å². The van der Waals surface area contributed by atoms with Crippen molar-refractivity contribution in [2.75, 3.05) is 5.32 Å². The van der Waals surface area contributed by atoms with Crippen LogP contribution in [0.3, 0.4) is 0 Å². The number of amides is 2. The minimum Gasteiger partial charge on any atom is -0.508 e. The van der Waals surface area contributed by atoms with E-state index in [2.05, 4.69) is 47.5 Å². The number of hydrogen-bond donors (Lipinski definition) is 5. The van der Waals surface area contributed by atoms with E-state index in [1.807, 2.05) is 0 Å². The molecule has 1 heterocycles. The number of carbonyl (C=O) groups is 2. The molecule has 0 aliphatic heterocycles. The van der Waals surface area contributed by atoms with Gasteiger partial charge in [0.15, 0.2) is 0 Å². The van der Waals surface area contributed by atoms with E-state index >= 15 is 0 Å². The number of aromatic nitrogens is 1. The lowest BCUT2D eigenvalue weighted by molar-refractivity contribution is 0.0951. The monoisotopic (exact) mass is 570 g/mol. The molecule has 0 radical (unpaired) electrons. The summed E-state index contributed by atoms with van der Waals surface area (Å²) in [5, 5.41) is 20.1. The van der Waals surface area contributed by atoms with E-state index in [9.17, 15) is 23.1 Å². The summed E-state index contributed by atoms with van der Waals surface area (Å²) < 4.78 is 23.9. The van der Waals surface area contributed by atoms with Crippen LogP contribution < -0.4 is 15.8 Å². The van der Waals surface area contributed by atoms with Crippen LogP contribution in [-0.2, 0) is 16.6 Å². The standard InChI is InChI=1S/C19H16Br2N4O5S/c20-14-8-16(24-17(14)21)19(28)25-15-6-3-11(26)7-13(15)18(27)23-9-10-1-4-12(5-2-10)31(22,29)30/h1-8,24,26H,9H2,(H,23,27)(H,25,28)(H2,22,29,30). The first-order chi connectivity index (χ1) is 14.5. The van der Waals surface area contributed by atoms with Crippen LogP contribution in [0.4, 0.5) is 5.69 Å². The van der Waals surface area contributed by atoms with Crippen molar-refractivity contribution in [2.45, 2.75) is 11.4 Å². The van der Waals surface area contributed by atoms with Crippen LogP contribution in [0, 0.1) is 0 Å². The van der Waals surface area contributed by atoms with E-state index in [0.717, 1.165) is 0 Å². The summed E-state index contributed by atoms with van der Waals surface area (Å²) >= 11 is 6.53. The van der Waals surface area contributed by atoms with E-state index < -0.39 is 21.8 Å². The van der Waals surface area contributed by atoms with Gasteiger partial charge in [-0.05, 0) is 73.8 Å². The maximum atomic E-state index is 12.7. The van der Waals surface area contributed by atoms with Crippen LogP contribution in [0.5, 0.6) is 5.75 Å². The number of aromatic amines is 1. The zero-order chi connectivity index (χ0) is 22.8. The van der Waals surface area contributed by atoms with Crippen LogP contribution in [0.25, 0.3) is 0 Å². The zero-order valence-corrected chi connectivity index (χ0v) is 19.6. The smallest absolute Gasteiger partial charge is 0.272 e. The molecular weight excluding hydrogens is 556 g/mol. The number of hydrogen-bond acceptors (Lipinski definition) is 5. The summed E-state index contributed by atoms with van der Waals surface area (Å²) in [5.41, 5.74) is 1.15. The average molecular weight is 572 g/mol. The molecule has 3 rings (SSSR count). The molecule has 0 aliphatic rings. The Bertz CT molecular complexity index is 1240. The Kier molecular flexibility index (Phi) is 6.84. The summed E-state index contributed by atoms with van der Waals surface area (Å²) in [4.78, 5) is 28.0. The number of H-pyrrole nitrogens is 1. The minimum absolute atomic E-state index is 0.0388. The van der Waals surface area contributed by atoms with Gasteiger partial charge in [0.2, 0.25) is 10.0 Å². The molecule has 9 nitrogen and oxygen atoms in total. The molecule has 2 aromatic carbocycles. The highest BCUT2D eigenvalue weighted by molar-refractivity contribution is 9.13. The Morgan fingerprint density at radius 3 is 2.29 bits per heavy atom. The summed E-state index contributed by atoms with van der Waals surface area (Å²) in [6, 6.07) is 11.3. The van der Waals surface area contributed by atoms with Gasteiger partial charge in [-0.2, -0.15) is 0 Å². The average Bonchev–Trinajstić information content (AvgIpc) is 3.05. The van der Waals surface area contributed by atoms with Crippen LogP contribution in [0.15, 0.2) is 62.5 Å². The van der Waals surface area contributed by atoms with E-state index in [1.165, 1.54) is 42.5 Å². The zero-order valence-electron chi connectivity index (χ0n) is 15.6. The highest BCUT2D eigenvalue weighted by Crippen LogP contribution is 2.25. The first kappa shape index (κ1) is 23.0. The summed E-state index contributed by atoms with van der Waals surface area (Å²) in [5.74, 6) is -1.17. The molecule has 0 saturated carbocycles. The lowest BCUT2D eigenvalue weighted by Gasteiger charge is -2.12. The topological polar surface area (TPSA) is 154 Å². The van der Waals surface area contributed by atoms with Crippen molar-refractivity contribution in [3.63, 3.8) is 0 Å². The van der Waals surface area contributed by atoms with Gasteiger partial charge in [-0.25, -0.2) is 13.6 Å². The molecule has 3 aromatic rings. The largest absolute Gasteiger partial charge is 0.508 e.